The van der Waals surface area contributed by atoms with E-state index in [1.165, 1.54) is 12.8 Å². The highest BCUT2D eigenvalue weighted by Gasteiger charge is 2.42. The largest absolute Gasteiger partial charge is 0.485 e. The first kappa shape index (κ1) is 14.4. The minimum atomic E-state index is -0.856. The van der Waals surface area contributed by atoms with Crippen LogP contribution in [0.5, 0.6) is 5.75 Å². The molecule has 114 valence electrons. The van der Waals surface area contributed by atoms with E-state index in [1.807, 2.05) is 0 Å². The molecule has 3 rings (SSSR count). The Hall–Kier alpha value is -1.49. The Balaban J connectivity index is 1.62. The van der Waals surface area contributed by atoms with E-state index in [2.05, 4.69) is 0 Å². The molecule has 21 heavy (non-hydrogen) atoms. The highest BCUT2D eigenvalue weighted by molar-refractivity contribution is 5.75. The molecule has 0 N–H and O–H groups in total. The molecule has 0 amide bonds. The van der Waals surface area contributed by atoms with Crippen LogP contribution >= 0.6 is 0 Å². The maximum atomic E-state index is 13.7. The van der Waals surface area contributed by atoms with Crippen molar-refractivity contribution in [3.63, 3.8) is 0 Å². The van der Waals surface area contributed by atoms with Crippen LogP contribution in [-0.4, -0.2) is 24.6 Å². The first-order chi connectivity index (χ1) is 10.1. The van der Waals surface area contributed by atoms with Gasteiger partial charge in [-0.25, -0.2) is 8.78 Å². The topological polar surface area (TPSA) is 35.5 Å². The van der Waals surface area contributed by atoms with Gasteiger partial charge in [0.25, 0.3) is 0 Å². The zero-order valence-electron chi connectivity index (χ0n) is 11.7. The summed E-state index contributed by atoms with van der Waals surface area (Å²) in [5.74, 6) is -2.15. The Labute approximate surface area is 122 Å². The quantitative estimate of drug-likeness (QED) is 0.796. The summed E-state index contributed by atoms with van der Waals surface area (Å²) in [5, 5.41) is 0. The van der Waals surface area contributed by atoms with Crippen molar-refractivity contribution < 1.29 is 23.0 Å². The van der Waals surface area contributed by atoms with E-state index in [-0.39, 0.29) is 23.9 Å². The lowest BCUT2D eigenvalue weighted by Crippen LogP contribution is -2.27. The predicted octanol–water partition coefficient (Wildman–Crippen LogP) is 3.65. The second-order valence-corrected chi connectivity index (χ2v) is 5.91. The fourth-order valence-electron chi connectivity index (χ4n) is 3.36. The normalized spacial score (nSPS) is 23.6. The molecule has 1 saturated carbocycles. The van der Waals surface area contributed by atoms with E-state index in [0.717, 1.165) is 37.8 Å². The number of hydrogen-bond donors (Lipinski definition) is 0. The van der Waals surface area contributed by atoms with Crippen LogP contribution in [0.3, 0.4) is 0 Å². The van der Waals surface area contributed by atoms with Gasteiger partial charge in [0.05, 0.1) is 11.7 Å². The van der Waals surface area contributed by atoms with E-state index in [0.29, 0.717) is 6.29 Å². The number of halogens is 2. The Morgan fingerprint density at radius 1 is 1.24 bits per heavy atom. The number of rotatable bonds is 4. The monoisotopic (exact) mass is 296 g/mol. The Kier molecular flexibility index (Phi) is 3.93. The summed E-state index contributed by atoms with van der Waals surface area (Å²) in [6, 6.07) is 1.94. The van der Waals surface area contributed by atoms with E-state index < -0.39 is 17.4 Å². The second kappa shape index (κ2) is 5.72. The molecule has 0 bridgehead atoms. The molecule has 0 radical (unpaired) electrons. The molecule has 1 saturated heterocycles. The van der Waals surface area contributed by atoms with Crippen LogP contribution in [0, 0.1) is 11.6 Å². The van der Waals surface area contributed by atoms with Crippen molar-refractivity contribution in [1.29, 1.82) is 0 Å². The van der Waals surface area contributed by atoms with Gasteiger partial charge in [-0.1, -0.05) is 12.8 Å². The first-order valence-electron chi connectivity index (χ1n) is 7.37. The van der Waals surface area contributed by atoms with Gasteiger partial charge in [-0.05, 0) is 37.8 Å². The Morgan fingerprint density at radius 3 is 2.52 bits per heavy atom. The zero-order valence-corrected chi connectivity index (χ0v) is 11.7. The van der Waals surface area contributed by atoms with Gasteiger partial charge in [-0.3, -0.25) is 4.79 Å². The van der Waals surface area contributed by atoms with Gasteiger partial charge in [-0.2, -0.15) is 0 Å². The standard InChI is InChI=1S/C16H18F2O3/c17-13-7-11(9-19)8-14(18)15(13)20-10-12-3-6-16(21-12)4-1-2-5-16/h7-9,12H,1-6,10H2. The number of hydrogen-bond acceptors (Lipinski definition) is 3. The number of benzene rings is 1. The average molecular weight is 296 g/mol. The maximum Gasteiger partial charge on any atom is 0.190 e. The highest BCUT2D eigenvalue weighted by atomic mass is 19.1. The lowest BCUT2D eigenvalue weighted by atomic mass is 9.98. The van der Waals surface area contributed by atoms with Gasteiger partial charge in [0.15, 0.2) is 17.4 Å². The van der Waals surface area contributed by atoms with Crippen LogP contribution in [0.15, 0.2) is 12.1 Å². The van der Waals surface area contributed by atoms with Gasteiger partial charge >= 0.3 is 0 Å². The molecule has 2 aliphatic rings. The van der Waals surface area contributed by atoms with Crippen molar-refractivity contribution in [1.82, 2.24) is 0 Å². The molecule has 1 aromatic rings. The smallest absolute Gasteiger partial charge is 0.190 e. The first-order valence-corrected chi connectivity index (χ1v) is 7.37. The third-order valence-corrected chi connectivity index (χ3v) is 4.42. The Bertz CT molecular complexity index is 515. The molecule has 1 spiro atoms. The van der Waals surface area contributed by atoms with Crippen LogP contribution < -0.4 is 4.74 Å². The summed E-state index contributed by atoms with van der Waals surface area (Å²) >= 11 is 0. The zero-order chi connectivity index (χ0) is 14.9. The fourth-order valence-corrected chi connectivity index (χ4v) is 3.36. The molecule has 5 heteroatoms. The van der Waals surface area contributed by atoms with Gasteiger partial charge in [-0.15, -0.1) is 0 Å². The van der Waals surface area contributed by atoms with Crippen molar-refractivity contribution in [2.24, 2.45) is 0 Å². The third kappa shape index (κ3) is 2.93. The molecule has 2 fully saturated rings. The SMILES string of the molecule is O=Cc1cc(F)c(OCC2CCC3(CCCC3)O2)c(F)c1. The number of aldehydes is 1. The summed E-state index contributed by atoms with van der Waals surface area (Å²) in [5.41, 5.74) is -0.0636. The number of ether oxygens (including phenoxy) is 2. The van der Waals surface area contributed by atoms with E-state index in [4.69, 9.17) is 9.47 Å². The van der Waals surface area contributed by atoms with Crippen LogP contribution in [0.2, 0.25) is 0 Å². The van der Waals surface area contributed by atoms with Crippen LogP contribution in [0.1, 0.15) is 48.9 Å². The lowest BCUT2D eigenvalue weighted by molar-refractivity contribution is -0.0515. The summed E-state index contributed by atoms with van der Waals surface area (Å²) in [6.45, 7) is 0.135. The van der Waals surface area contributed by atoms with Gasteiger partial charge < -0.3 is 9.47 Å². The van der Waals surface area contributed by atoms with Crippen molar-refractivity contribution in [2.45, 2.75) is 50.2 Å². The second-order valence-electron chi connectivity index (χ2n) is 5.91. The van der Waals surface area contributed by atoms with E-state index in [9.17, 15) is 13.6 Å². The summed E-state index contributed by atoms with van der Waals surface area (Å²) in [6.07, 6.45) is 6.65. The number of carbonyl (C=O) groups is 1. The van der Waals surface area contributed by atoms with Crippen molar-refractivity contribution >= 4 is 6.29 Å². The van der Waals surface area contributed by atoms with E-state index >= 15 is 0 Å². The van der Waals surface area contributed by atoms with Crippen LogP contribution in [0.4, 0.5) is 8.78 Å². The molecule has 1 aliphatic heterocycles. The fraction of sp³-hybridized carbons (Fsp3) is 0.562. The van der Waals surface area contributed by atoms with Gasteiger partial charge in [0, 0.05) is 5.56 Å². The lowest BCUT2D eigenvalue weighted by Gasteiger charge is -2.23. The molecule has 1 aromatic carbocycles. The maximum absolute atomic E-state index is 13.7. The molecular weight excluding hydrogens is 278 g/mol. The molecule has 1 aliphatic carbocycles. The summed E-state index contributed by atoms with van der Waals surface area (Å²) < 4.78 is 38.7. The predicted molar refractivity (Wildman–Crippen MR) is 72.5 cm³/mol. The average Bonchev–Trinajstić information content (AvgIpc) is 3.08. The van der Waals surface area contributed by atoms with Gasteiger partial charge in [0.2, 0.25) is 0 Å². The molecule has 1 heterocycles. The Morgan fingerprint density at radius 2 is 1.90 bits per heavy atom. The van der Waals surface area contributed by atoms with Crippen LogP contribution in [0.25, 0.3) is 0 Å². The van der Waals surface area contributed by atoms with E-state index in [1.54, 1.807) is 0 Å². The van der Waals surface area contributed by atoms with Gasteiger partial charge in [0.1, 0.15) is 12.9 Å². The molecule has 3 nitrogen and oxygen atoms in total. The molecular formula is C16H18F2O3. The van der Waals surface area contributed by atoms with Crippen molar-refractivity contribution in [3.05, 3.63) is 29.3 Å². The minimum absolute atomic E-state index is 0.0213. The minimum Gasteiger partial charge on any atom is -0.485 e. The van der Waals surface area contributed by atoms with Crippen LogP contribution in [-0.2, 0) is 4.74 Å². The van der Waals surface area contributed by atoms with Crippen molar-refractivity contribution in [2.75, 3.05) is 6.61 Å². The summed E-state index contributed by atoms with van der Waals surface area (Å²) in [7, 11) is 0. The molecule has 0 aromatic heterocycles. The number of carbonyl (C=O) groups excluding carboxylic acids is 1. The molecule has 1 atom stereocenters. The van der Waals surface area contributed by atoms with Crippen molar-refractivity contribution in [3.8, 4) is 5.75 Å². The summed E-state index contributed by atoms with van der Waals surface area (Å²) in [4.78, 5) is 10.5. The third-order valence-electron chi connectivity index (χ3n) is 4.42. The highest BCUT2D eigenvalue weighted by Crippen LogP contribution is 2.43. The molecule has 1 unspecified atom stereocenters.